The normalized spacial score (nSPS) is 16.2. The highest BCUT2D eigenvalue weighted by Crippen LogP contribution is 2.35. The average Bonchev–Trinajstić information content (AvgIpc) is 3.32. The van der Waals surface area contributed by atoms with Crippen molar-refractivity contribution in [2.75, 3.05) is 5.75 Å². The molecule has 0 aliphatic carbocycles. The number of amidine groups is 1. The first-order valence-electron chi connectivity index (χ1n) is 13.2. The number of carbonyl (C=O) groups excluding carboxylic acids is 2. The minimum absolute atomic E-state index is 0.0801. The second kappa shape index (κ2) is 13.0. The zero-order valence-corrected chi connectivity index (χ0v) is 26.5. The van der Waals surface area contributed by atoms with Crippen molar-refractivity contribution in [3.63, 3.8) is 0 Å². The number of hydrogen-bond donors (Lipinski definition) is 4. The molecule has 0 unspecified atom stereocenters. The molecule has 6 rings (SSSR count). The zero-order chi connectivity index (χ0) is 32.2. The molecule has 232 valence electrons. The first kappa shape index (κ1) is 32.2. The van der Waals surface area contributed by atoms with Crippen LogP contribution in [-0.2, 0) is 36.1 Å². The van der Waals surface area contributed by atoms with Crippen LogP contribution in [0.3, 0.4) is 0 Å². The van der Waals surface area contributed by atoms with Crippen LogP contribution in [0.15, 0.2) is 118 Å². The Morgan fingerprint density at radius 3 is 1.91 bits per heavy atom. The molecule has 3 amide bonds. The molecule has 5 N–H and O–H groups in total. The van der Waals surface area contributed by atoms with Gasteiger partial charge in [0.1, 0.15) is 15.6 Å². The number of nitrogens with one attached hydrogen (secondary N) is 3. The number of sulfonamides is 2. The summed E-state index contributed by atoms with van der Waals surface area (Å²) in [5.74, 6) is 0.926. The molecule has 2 aliphatic heterocycles. The van der Waals surface area contributed by atoms with Gasteiger partial charge in [0.2, 0.25) is 10.0 Å². The summed E-state index contributed by atoms with van der Waals surface area (Å²) >= 11 is 7.42. The highest BCUT2D eigenvalue weighted by molar-refractivity contribution is 7.99. The lowest BCUT2D eigenvalue weighted by molar-refractivity contribution is -0.122. The number of fused-ring (bicyclic) bond motifs is 1. The van der Waals surface area contributed by atoms with Gasteiger partial charge in [-0.25, -0.2) is 31.8 Å². The molecule has 1 saturated heterocycles. The Hall–Kier alpha value is -4.21. The fraction of sp³-hybridized carbons (Fsp3) is 0.100. The first-order valence-corrected chi connectivity index (χ1v) is 17.8. The van der Waals surface area contributed by atoms with Gasteiger partial charge < -0.3 is 5.32 Å². The molecule has 2 aliphatic rings. The molecule has 11 nitrogen and oxygen atoms in total. The topological polar surface area (TPSA) is 177 Å². The van der Waals surface area contributed by atoms with Crippen molar-refractivity contribution in [3.8, 4) is 0 Å². The number of nitrogens with zero attached hydrogens (tertiary/aromatic N) is 1. The Morgan fingerprint density at radius 1 is 0.844 bits per heavy atom. The monoisotopic (exact) mass is 683 g/mol. The lowest BCUT2D eigenvalue weighted by Gasteiger charge is -2.27. The van der Waals surface area contributed by atoms with Crippen molar-refractivity contribution >= 4 is 66.9 Å². The number of carbonyl (C=O) groups is 2. The van der Waals surface area contributed by atoms with Gasteiger partial charge in [0, 0.05) is 5.75 Å². The van der Waals surface area contributed by atoms with Crippen molar-refractivity contribution in [2.24, 2.45) is 10.1 Å². The highest BCUT2D eigenvalue weighted by atomic mass is 35.5. The third-order valence-corrected chi connectivity index (χ3v) is 10.6. The number of benzene rings is 4. The van der Waals surface area contributed by atoms with Gasteiger partial charge in [-0.3, -0.25) is 14.8 Å². The van der Waals surface area contributed by atoms with Crippen LogP contribution < -0.4 is 20.5 Å². The fourth-order valence-corrected chi connectivity index (χ4v) is 8.04. The average molecular weight is 684 g/mol. The smallest absolute Gasteiger partial charge is 0.316 e. The van der Waals surface area contributed by atoms with Crippen LogP contribution in [0.2, 0.25) is 5.02 Å². The summed E-state index contributed by atoms with van der Waals surface area (Å²) in [6, 6.07) is 29.8. The number of nitrogens with two attached hydrogens (primary N) is 1. The van der Waals surface area contributed by atoms with Gasteiger partial charge in [0.05, 0.1) is 16.5 Å². The van der Waals surface area contributed by atoms with E-state index in [-0.39, 0.29) is 27.3 Å². The molecule has 0 spiro atoms. The van der Waals surface area contributed by atoms with Crippen LogP contribution in [0.4, 0.5) is 10.5 Å². The summed E-state index contributed by atoms with van der Waals surface area (Å²) in [4.78, 5) is 27.4. The lowest BCUT2D eigenvalue weighted by atomic mass is 9.83. The van der Waals surface area contributed by atoms with Gasteiger partial charge in [-0.1, -0.05) is 103 Å². The maximum Gasteiger partial charge on any atom is 0.322 e. The van der Waals surface area contributed by atoms with Gasteiger partial charge in [-0.05, 0) is 28.8 Å². The summed E-state index contributed by atoms with van der Waals surface area (Å²) in [5.41, 5.74) is 1.53. The Bertz CT molecular complexity index is 1950. The summed E-state index contributed by atoms with van der Waals surface area (Å²) in [6.45, 7) is 0. The first-order chi connectivity index (χ1) is 21.4. The SMILES string of the molecule is NS(=O)(=O)c1cc2c(cc1Cl)N=C(CSCc1ccccc1)NS2(=O)=O.O=C1NC(=O)C(c2ccccc2)(c2ccccc2)N1. The number of rotatable bonds is 7. The largest absolute Gasteiger partial charge is 0.322 e. The maximum atomic E-state index is 12.4. The van der Waals surface area contributed by atoms with Crippen molar-refractivity contribution in [1.29, 1.82) is 0 Å². The summed E-state index contributed by atoms with van der Waals surface area (Å²) in [5, 5.41) is 9.95. The second-order valence-corrected chi connectivity index (χ2v) is 14.4. The molecule has 15 heteroatoms. The molecule has 45 heavy (non-hydrogen) atoms. The molecular weight excluding hydrogens is 658 g/mol. The van der Waals surface area contributed by atoms with Crippen LogP contribution in [0.1, 0.15) is 16.7 Å². The third-order valence-electron chi connectivity index (χ3n) is 6.75. The van der Waals surface area contributed by atoms with Gasteiger partial charge in [0.25, 0.3) is 15.9 Å². The van der Waals surface area contributed by atoms with E-state index in [0.717, 1.165) is 22.8 Å². The number of aliphatic imine (C=N–C) groups is 1. The number of hydrogen-bond acceptors (Lipinski definition) is 8. The minimum Gasteiger partial charge on any atom is -0.316 e. The molecular formula is C30H26ClN5O6S3. The van der Waals surface area contributed by atoms with E-state index >= 15 is 0 Å². The molecule has 0 bridgehead atoms. The van der Waals surface area contributed by atoms with Gasteiger partial charge in [0.15, 0.2) is 5.54 Å². The van der Waals surface area contributed by atoms with E-state index in [1.807, 2.05) is 91.0 Å². The fourth-order valence-electron chi connectivity index (χ4n) is 4.73. The van der Waals surface area contributed by atoms with Crippen molar-refractivity contribution in [1.82, 2.24) is 15.4 Å². The second-order valence-electron chi connectivity index (χ2n) is 9.83. The quantitative estimate of drug-likeness (QED) is 0.213. The molecule has 1 fully saturated rings. The molecule has 4 aromatic carbocycles. The predicted molar refractivity (Wildman–Crippen MR) is 173 cm³/mol. The Morgan fingerprint density at radius 2 is 1.40 bits per heavy atom. The molecule has 0 aromatic heterocycles. The number of thioether (sulfide) groups is 1. The molecule has 0 radical (unpaired) electrons. The summed E-state index contributed by atoms with van der Waals surface area (Å²) in [7, 11) is -8.11. The minimum atomic E-state index is -4.15. The van der Waals surface area contributed by atoms with E-state index in [4.69, 9.17) is 16.7 Å². The zero-order valence-electron chi connectivity index (χ0n) is 23.3. The van der Waals surface area contributed by atoms with Crippen molar-refractivity contribution in [3.05, 3.63) is 125 Å². The Kier molecular flexibility index (Phi) is 9.32. The van der Waals surface area contributed by atoms with E-state index in [2.05, 4.69) is 20.3 Å². The number of halogens is 1. The lowest BCUT2D eigenvalue weighted by Crippen LogP contribution is -2.44. The Labute approximate surface area is 269 Å². The number of amides is 3. The Balaban J connectivity index is 0.000000186. The molecule has 0 saturated carbocycles. The molecule has 4 aromatic rings. The van der Waals surface area contributed by atoms with E-state index in [0.29, 0.717) is 11.5 Å². The number of primary sulfonamides is 1. The van der Waals surface area contributed by atoms with E-state index in [9.17, 15) is 26.4 Å². The third kappa shape index (κ3) is 7.05. The van der Waals surface area contributed by atoms with Gasteiger partial charge in [-0.2, -0.15) is 0 Å². The highest BCUT2D eigenvalue weighted by Gasteiger charge is 2.49. The van der Waals surface area contributed by atoms with Crippen molar-refractivity contribution < 1.29 is 26.4 Å². The van der Waals surface area contributed by atoms with Gasteiger partial charge in [-0.15, -0.1) is 11.8 Å². The molecule has 2 heterocycles. The number of urea groups is 1. The maximum absolute atomic E-state index is 12.4. The van der Waals surface area contributed by atoms with Gasteiger partial charge >= 0.3 is 6.03 Å². The standard InChI is InChI=1S/C15H14ClN3O4S3.C15H12N2O2/c16-11-6-12-14(7-13(11)25(17,20)21)26(22,23)19-15(18-12)9-24-8-10-4-2-1-3-5-10;18-13-15(17-14(19)16-13,11-7-3-1-4-8-11)12-9-5-2-6-10-12/h1-7H,8-9H2,(H,18,19)(H2,17,20,21);1-10H,(H2,16,17,18,19). The van der Waals surface area contributed by atoms with Crippen LogP contribution in [0, 0.1) is 0 Å². The van der Waals surface area contributed by atoms with Crippen molar-refractivity contribution in [2.45, 2.75) is 21.1 Å². The van der Waals surface area contributed by atoms with E-state index < -0.39 is 36.5 Å². The predicted octanol–water partition coefficient (Wildman–Crippen LogP) is 4.01. The molecule has 0 atom stereocenters. The summed E-state index contributed by atoms with van der Waals surface area (Å²) in [6.07, 6.45) is 0. The van der Waals surface area contributed by atoms with Crippen LogP contribution in [0.5, 0.6) is 0 Å². The van der Waals surface area contributed by atoms with E-state index in [1.165, 1.54) is 17.8 Å². The van der Waals surface area contributed by atoms with E-state index in [1.54, 1.807) is 0 Å². The number of imide groups is 1. The van der Waals surface area contributed by atoms with Crippen LogP contribution in [-0.4, -0.2) is 40.4 Å². The van der Waals surface area contributed by atoms with Crippen LogP contribution >= 0.6 is 23.4 Å². The summed E-state index contributed by atoms with van der Waals surface area (Å²) < 4.78 is 50.3. The van der Waals surface area contributed by atoms with Crippen LogP contribution in [0.25, 0.3) is 0 Å².